The minimum atomic E-state index is -1.57. The van der Waals surface area contributed by atoms with Gasteiger partial charge in [0.05, 0.1) is 30.3 Å². The quantitative estimate of drug-likeness (QED) is 0.177. The van der Waals surface area contributed by atoms with E-state index in [2.05, 4.69) is 54.5 Å². The van der Waals surface area contributed by atoms with E-state index >= 15 is 0 Å². The van der Waals surface area contributed by atoms with Crippen molar-refractivity contribution >= 4 is 5.97 Å². The van der Waals surface area contributed by atoms with Gasteiger partial charge < -0.3 is 45.2 Å². The Morgan fingerprint density at radius 2 is 1.57 bits per heavy atom. The molecule has 1 unspecified atom stereocenters. The zero-order valence-electron chi connectivity index (χ0n) is 28.6. The van der Waals surface area contributed by atoms with Crippen LogP contribution in [0, 0.1) is 50.2 Å². The van der Waals surface area contributed by atoms with E-state index in [4.69, 9.17) is 9.47 Å². The summed E-state index contributed by atoms with van der Waals surface area (Å²) in [4.78, 5) is 13.4. The number of aliphatic hydroxyl groups excluding tert-OH is 6. The molecule has 4 saturated carbocycles. The van der Waals surface area contributed by atoms with Crippen LogP contribution in [0.2, 0.25) is 0 Å². The molecule has 6 rings (SSSR count). The monoisotopic (exact) mass is 650 g/mol. The lowest BCUT2D eigenvalue weighted by Gasteiger charge is -2.71. The molecule has 0 bridgehead atoms. The van der Waals surface area contributed by atoms with Crippen LogP contribution >= 0.6 is 0 Å². The number of fused-ring (bicyclic) bond motifs is 7. The van der Waals surface area contributed by atoms with Crippen LogP contribution in [0.25, 0.3) is 0 Å². The van der Waals surface area contributed by atoms with Gasteiger partial charge in [-0.05, 0) is 96.2 Å². The molecular weight excluding hydrogens is 592 g/mol. The van der Waals surface area contributed by atoms with Gasteiger partial charge in [0, 0.05) is 0 Å². The highest BCUT2D eigenvalue weighted by molar-refractivity contribution is 5.77. The van der Waals surface area contributed by atoms with E-state index in [1.807, 2.05) is 0 Å². The van der Waals surface area contributed by atoms with E-state index in [0.717, 1.165) is 19.3 Å². The number of hydrogen-bond acceptors (Lipinski definition) is 9. The van der Waals surface area contributed by atoms with E-state index < -0.39 is 77.8 Å². The molecule has 0 amide bonds. The van der Waals surface area contributed by atoms with Gasteiger partial charge in [0.1, 0.15) is 24.4 Å². The summed E-state index contributed by atoms with van der Waals surface area (Å²) in [6, 6.07) is 0. The Balaban J connectivity index is 1.34. The Hall–Kier alpha value is -1.11. The first-order valence-corrected chi connectivity index (χ1v) is 17.5. The molecule has 7 N–H and O–H groups in total. The first-order valence-electron chi connectivity index (χ1n) is 17.5. The standard InChI is InChI=1S/C36H58O10/c1-31(2)14-19-18-8-9-23-33(5)15-20(38)28(42)32(3,4)22(33)10-11-35(23,7)34(18,6)12-13-36(19,30(43)44)16-24(31)46-29-27(41)26(40)25(39)21(17-37)45-29/h8,19-29,37-42H,9-17H2,1-7H3,(H,43,44)/t19-,20+,21+,22-,23+,24?,25+,26-,27+,28+,29-,33-,34+,35+,36+/m0/s1. The third-order valence-corrected chi connectivity index (χ3v) is 15.3. The van der Waals surface area contributed by atoms with Crippen molar-refractivity contribution in [2.45, 2.75) is 149 Å². The van der Waals surface area contributed by atoms with E-state index in [1.165, 1.54) is 5.57 Å². The third-order valence-electron chi connectivity index (χ3n) is 15.3. The van der Waals surface area contributed by atoms with Crippen LogP contribution in [-0.4, -0.2) is 97.3 Å². The van der Waals surface area contributed by atoms with Crippen LogP contribution in [-0.2, 0) is 14.3 Å². The van der Waals surface area contributed by atoms with Crippen LogP contribution in [0.15, 0.2) is 11.6 Å². The number of ether oxygens (including phenoxy) is 2. The van der Waals surface area contributed by atoms with Crippen molar-refractivity contribution in [3.05, 3.63) is 11.6 Å². The summed E-state index contributed by atoms with van der Waals surface area (Å²) in [5, 5.41) is 74.2. The van der Waals surface area contributed by atoms with E-state index in [1.54, 1.807) is 0 Å². The number of rotatable bonds is 4. The van der Waals surface area contributed by atoms with Crippen molar-refractivity contribution < 1.29 is 50.0 Å². The molecule has 0 aromatic rings. The van der Waals surface area contributed by atoms with Crippen molar-refractivity contribution in [1.82, 2.24) is 0 Å². The second kappa shape index (κ2) is 10.9. The SMILES string of the molecule is CC1(C)C[C@H]2C3=CC[C@@H]4[C@@]5(C)C[C@@H](O)[C@@H](O)C(C)(C)[C@@H]5CC[C@@]4(C)[C@]3(C)CC[C@@]2(C(=O)O)CC1O[C@@H]1O[C@H](CO)[C@@H](O)[C@H](O)[C@H]1O. The van der Waals surface area contributed by atoms with Crippen molar-refractivity contribution in [1.29, 1.82) is 0 Å². The Kier molecular flexibility index (Phi) is 8.27. The number of carboxylic acids is 1. The summed E-state index contributed by atoms with van der Waals surface area (Å²) in [7, 11) is 0. The van der Waals surface area contributed by atoms with Crippen LogP contribution in [0.4, 0.5) is 0 Å². The Bertz CT molecular complexity index is 1250. The lowest BCUT2D eigenvalue weighted by atomic mass is 9.33. The number of allylic oxidation sites excluding steroid dienone is 2. The molecule has 10 nitrogen and oxygen atoms in total. The molecule has 1 saturated heterocycles. The number of aliphatic carboxylic acids is 1. The van der Waals surface area contributed by atoms with Gasteiger partial charge in [0.2, 0.25) is 0 Å². The molecule has 46 heavy (non-hydrogen) atoms. The molecule has 0 aromatic carbocycles. The Labute approximate surface area is 273 Å². The summed E-state index contributed by atoms with van der Waals surface area (Å²) in [5.41, 5.74) is -1.30. The zero-order chi connectivity index (χ0) is 34.0. The smallest absolute Gasteiger partial charge is 0.310 e. The molecular formula is C36H58O10. The molecule has 262 valence electrons. The second-order valence-corrected chi connectivity index (χ2v) is 18.1. The minimum absolute atomic E-state index is 0.112. The Morgan fingerprint density at radius 1 is 0.891 bits per heavy atom. The fourth-order valence-electron chi connectivity index (χ4n) is 12.3. The van der Waals surface area contributed by atoms with Gasteiger partial charge in [-0.15, -0.1) is 0 Å². The minimum Gasteiger partial charge on any atom is -0.481 e. The van der Waals surface area contributed by atoms with Crippen molar-refractivity contribution in [3.8, 4) is 0 Å². The first kappa shape index (κ1) is 34.7. The van der Waals surface area contributed by atoms with Gasteiger partial charge in [0.15, 0.2) is 6.29 Å². The summed E-state index contributed by atoms with van der Waals surface area (Å²) in [6.45, 7) is 14.8. The van der Waals surface area contributed by atoms with Gasteiger partial charge in [-0.3, -0.25) is 4.79 Å². The molecule has 5 fully saturated rings. The van der Waals surface area contributed by atoms with Gasteiger partial charge in [-0.25, -0.2) is 0 Å². The van der Waals surface area contributed by atoms with E-state index in [9.17, 15) is 40.5 Å². The van der Waals surface area contributed by atoms with Crippen LogP contribution in [0.5, 0.6) is 0 Å². The fraction of sp³-hybridized carbons (Fsp3) is 0.917. The topological polar surface area (TPSA) is 177 Å². The van der Waals surface area contributed by atoms with Gasteiger partial charge >= 0.3 is 5.97 Å². The summed E-state index contributed by atoms with van der Waals surface area (Å²) in [5.74, 6) is -0.518. The first-order chi connectivity index (χ1) is 21.2. The van der Waals surface area contributed by atoms with E-state index in [0.29, 0.717) is 25.7 Å². The molecule has 15 atom stereocenters. The molecule has 1 aliphatic heterocycles. The van der Waals surface area contributed by atoms with Gasteiger partial charge in [-0.1, -0.05) is 60.1 Å². The normalized spacial score (nSPS) is 54.4. The maximum absolute atomic E-state index is 13.4. The number of aliphatic hydroxyl groups is 6. The number of carbonyl (C=O) groups is 1. The zero-order valence-corrected chi connectivity index (χ0v) is 28.6. The predicted octanol–water partition coefficient (Wildman–Crippen LogP) is 3.00. The largest absolute Gasteiger partial charge is 0.481 e. The average Bonchev–Trinajstić information content (AvgIpc) is 2.96. The highest BCUT2D eigenvalue weighted by Crippen LogP contribution is 2.76. The summed E-state index contributed by atoms with van der Waals surface area (Å²) >= 11 is 0. The number of carboxylic acid groups (broad SMARTS) is 1. The highest BCUT2D eigenvalue weighted by Gasteiger charge is 2.71. The molecule has 5 aliphatic carbocycles. The van der Waals surface area contributed by atoms with E-state index in [-0.39, 0.29) is 40.4 Å². The summed E-state index contributed by atoms with van der Waals surface area (Å²) < 4.78 is 12.0. The van der Waals surface area contributed by atoms with Gasteiger partial charge in [-0.2, -0.15) is 0 Å². The average molecular weight is 651 g/mol. The van der Waals surface area contributed by atoms with Crippen molar-refractivity contribution in [3.63, 3.8) is 0 Å². The molecule has 0 radical (unpaired) electrons. The van der Waals surface area contributed by atoms with Crippen molar-refractivity contribution in [2.24, 2.45) is 50.2 Å². The lowest BCUT2D eigenvalue weighted by Crippen LogP contribution is -2.67. The molecule has 0 spiro atoms. The second-order valence-electron chi connectivity index (χ2n) is 18.1. The lowest BCUT2D eigenvalue weighted by molar-refractivity contribution is -0.325. The summed E-state index contributed by atoms with van der Waals surface area (Å²) in [6.07, 6.45) is -1.61. The molecule has 1 heterocycles. The van der Waals surface area contributed by atoms with Crippen LogP contribution in [0.3, 0.4) is 0 Å². The number of hydrogen-bond donors (Lipinski definition) is 7. The third kappa shape index (κ3) is 4.53. The molecule has 10 heteroatoms. The maximum atomic E-state index is 13.4. The highest BCUT2D eigenvalue weighted by atomic mass is 16.7. The van der Waals surface area contributed by atoms with Crippen molar-refractivity contribution in [2.75, 3.05) is 6.61 Å². The van der Waals surface area contributed by atoms with Crippen LogP contribution in [0.1, 0.15) is 99.8 Å². The predicted molar refractivity (Wildman–Crippen MR) is 168 cm³/mol. The fourth-order valence-corrected chi connectivity index (χ4v) is 12.3. The molecule has 6 aliphatic rings. The Morgan fingerprint density at radius 3 is 2.20 bits per heavy atom. The van der Waals surface area contributed by atoms with Crippen LogP contribution < -0.4 is 0 Å². The molecule has 0 aromatic heterocycles. The van der Waals surface area contributed by atoms with Gasteiger partial charge in [0.25, 0.3) is 0 Å². The maximum Gasteiger partial charge on any atom is 0.310 e.